The van der Waals surface area contributed by atoms with E-state index in [1.165, 1.54) is 0 Å². The van der Waals surface area contributed by atoms with Crippen molar-refractivity contribution in [3.63, 3.8) is 0 Å². The third-order valence-electron chi connectivity index (χ3n) is 4.17. The van der Waals surface area contributed by atoms with Crippen molar-refractivity contribution in [3.8, 4) is 0 Å². The van der Waals surface area contributed by atoms with Gasteiger partial charge >= 0.3 is 0 Å². The van der Waals surface area contributed by atoms with Gasteiger partial charge in [0.25, 0.3) is 0 Å². The van der Waals surface area contributed by atoms with Crippen molar-refractivity contribution in [2.75, 3.05) is 11.9 Å². The van der Waals surface area contributed by atoms with Crippen LogP contribution in [-0.4, -0.2) is 29.3 Å². The van der Waals surface area contributed by atoms with Crippen LogP contribution in [0.1, 0.15) is 11.1 Å². The number of rotatable bonds is 4. The highest BCUT2D eigenvalue weighted by Gasteiger charge is 2.31. The number of nitrogens with two attached hydrogens (primary N) is 1. The first-order valence-corrected chi connectivity index (χ1v) is 8.48. The van der Waals surface area contributed by atoms with E-state index in [0.29, 0.717) is 18.7 Å². The number of anilines is 1. The van der Waals surface area contributed by atoms with E-state index in [9.17, 15) is 9.59 Å². The average Bonchev–Trinajstić information content (AvgIpc) is 2.56. The van der Waals surface area contributed by atoms with Gasteiger partial charge in [-0.25, -0.2) is 0 Å². The van der Waals surface area contributed by atoms with E-state index in [4.69, 9.17) is 5.73 Å². The molecule has 0 saturated carbocycles. The second-order valence-electron chi connectivity index (χ2n) is 5.82. The van der Waals surface area contributed by atoms with Crippen LogP contribution in [0, 0.1) is 0 Å². The number of halogens is 1. The molecule has 3 N–H and O–H groups in total. The normalized spacial score (nSPS) is 17.1. The fraction of sp³-hybridized carbons (Fsp3) is 0.222. The number of nitrogens with one attached hydrogen (secondary N) is 1. The van der Waals surface area contributed by atoms with Gasteiger partial charge in [0.2, 0.25) is 11.8 Å². The molecule has 0 bridgehead atoms. The van der Waals surface area contributed by atoms with Gasteiger partial charge in [-0.1, -0.05) is 36.4 Å². The number of carbonyl (C=O) groups excluding carboxylic acids is 2. The third-order valence-corrected chi connectivity index (χ3v) is 4.86. The molecule has 6 heteroatoms. The molecule has 0 saturated heterocycles. The van der Waals surface area contributed by atoms with Crippen molar-refractivity contribution >= 4 is 33.4 Å². The van der Waals surface area contributed by atoms with E-state index in [2.05, 4.69) is 21.2 Å². The minimum absolute atomic E-state index is 0.114. The Labute approximate surface area is 149 Å². The van der Waals surface area contributed by atoms with Crippen LogP contribution in [0.5, 0.6) is 0 Å². The molecule has 2 amide bonds. The molecule has 24 heavy (non-hydrogen) atoms. The zero-order valence-corrected chi connectivity index (χ0v) is 14.6. The van der Waals surface area contributed by atoms with E-state index < -0.39 is 11.9 Å². The van der Waals surface area contributed by atoms with Gasteiger partial charge in [0.05, 0.1) is 18.3 Å². The molecular weight excluding hydrogens is 370 g/mol. The Kier molecular flexibility index (Phi) is 4.97. The Balaban J connectivity index is 1.74. The molecule has 1 atom stereocenters. The fourth-order valence-electron chi connectivity index (χ4n) is 2.96. The summed E-state index contributed by atoms with van der Waals surface area (Å²) in [6, 6.07) is 14.9. The van der Waals surface area contributed by atoms with E-state index in [1.807, 2.05) is 53.4 Å². The Morgan fingerprint density at radius 1 is 1.12 bits per heavy atom. The number of hydrogen-bond donors (Lipinski definition) is 2. The number of fused-ring (bicyclic) bond motifs is 1. The molecule has 1 aliphatic rings. The van der Waals surface area contributed by atoms with E-state index in [-0.39, 0.29) is 12.5 Å². The number of hydrogen-bond acceptors (Lipinski definition) is 3. The summed E-state index contributed by atoms with van der Waals surface area (Å²) in [4.78, 5) is 26.0. The first-order chi connectivity index (χ1) is 11.5. The summed E-state index contributed by atoms with van der Waals surface area (Å²) in [7, 11) is 0. The maximum Gasteiger partial charge on any atom is 0.238 e. The SMILES string of the molecule is NC(=O)[C@@H]1Cc2ccccc2CN1CC(=O)Nc1ccccc1Br. The molecule has 5 nitrogen and oxygen atoms in total. The summed E-state index contributed by atoms with van der Waals surface area (Å²) in [6.07, 6.45) is 0.536. The zero-order valence-electron chi connectivity index (χ0n) is 13.0. The Bertz CT molecular complexity index is 778. The van der Waals surface area contributed by atoms with Gasteiger partial charge in [0.1, 0.15) is 0 Å². The van der Waals surface area contributed by atoms with Crippen molar-refractivity contribution in [2.24, 2.45) is 5.73 Å². The molecule has 1 heterocycles. The molecular formula is C18H18BrN3O2. The highest BCUT2D eigenvalue weighted by molar-refractivity contribution is 9.10. The predicted octanol–water partition coefficient (Wildman–Crippen LogP) is 2.30. The average molecular weight is 388 g/mol. The third kappa shape index (κ3) is 3.66. The molecule has 2 aromatic carbocycles. The predicted molar refractivity (Wildman–Crippen MR) is 96.3 cm³/mol. The van der Waals surface area contributed by atoms with Crippen LogP contribution in [0.3, 0.4) is 0 Å². The molecule has 3 rings (SSSR count). The topological polar surface area (TPSA) is 75.4 Å². The quantitative estimate of drug-likeness (QED) is 0.844. The second kappa shape index (κ2) is 7.15. The number of nitrogens with zero attached hydrogens (tertiary/aromatic N) is 1. The van der Waals surface area contributed by atoms with Crippen LogP contribution in [0.2, 0.25) is 0 Å². The van der Waals surface area contributed by atoms with E-state index in [1.54, 1.807) is 0 Å². The Hall–Kier alpha value is -2.18. The number of carbonyl (C=O) groups is 2. The van der Waals surface area contributed by atoms with Crippen LogP contribution < -0.4 is 11.1 Å². The first-order valence-electron chi connectivity index (χ1n) is 7.69. The van der Waals surface area contributed by atoms with E-state index in [0.717, 1.165) is 15.6 Å². The van der Waals surface area contributed by atoms with Crippen molar-refractivity contribution in [2.45, 2.75) is 19.0 Å². The van der Waals surface area contributed by atoms with Crippen LogP contribution in [0.4, 0.5) is 5.69 Å². The molecule has 0 fully saturated rings. The maximum atomic E-state index is 12.4. The molecule has 0 aromatic heterocycles. The van der Waals surface area contributed by atoms with Gasteiger partial charge in [-0.2, -0.15) is 0 Å². The van der Waals surface area contributed by atoms with Crippen LogP contribution in [-0.2, 0) is 22.6 Å². The van der Waals surface area contributed by atoms with Gasteiger partial charge in [0.15, 0.2) is 0 Å². The lowest BCUT2D eigenvalue weighted by atomic mass is 9.93. The molecule has 2 aromatic rings. The summed E-state index contributed by atoms with van der Waals surface area (Å²) in [5.74, 6) is -0.578. The van der Waals surface area contributed by atoms with Gasteiger partial charge in [-0.05, 0) is 45.6 Å². The monoisotopic (exact) mass is 387 g/mol. The lowest BCUT2D eigenvalue weighted by molar-refractivity contribution is -0.125. The zero-order chi connectivity index (χ0) is 17.1. The largest absolute Gasteiger partial charge is 0.368 e. The second-order valence-corrected chi connectivity index (χ2v) is 6.68. The van der Waals surface area contributed by atoms with Crippen LogP contribution >= 0.6 is 15.9 Å². The maximum absolute atomic E-state index is 12.4. The van der Waals surface area contributed by atoms with Crippen molar-refractivity contribution in [1.29, 1.82) is 0 Å². The van der Waals surface area contributed by atoms with E-state index >= 15 is 0 Å². The lowest BCUT2D eigenvalue weighted by Crippen LogP contribution is -2.50. The molecule has 0 radical (unpaired) electrons. The number of para-hydroxylation sites is 1. The van der Waals surface area contributed by atoms with Gasteiger partial charge < -0.3 is 11.1 Å². The van der Waals surface area contributed by atoms with Gasteiger partial charge in [-0.15, -0.1) is 0 Å². The summed E-state index contributed by atoms with van der Waals surface area (Å²) in [5.41, 5.74) is 8.49. The van der Waals surface area contributed by atoms with Gasteiger partial charge in [0, 0.05) is 11.0 Å². The summed E-state index contributed by atoms with van der Waals surface area (Å²) < 4.78 is 0.814. The Morgan fingerprint density at radius 2 is 1.79 bits per heavy atom. The van der Waals surface area contributed by atoms with Crippen molar-refractivity contribution in [3.05, 3.63) is 64.1 Å². The minimum atomic E-state index is -0.468. The highest BCUT2D eigenvalue weighted by Crippen LogP contribution is 2.24. The molecule has 0 aliphatic carbocycles. The number of primary amides is 1. The minimum Gasteiger partial charge on any atom is -0.368 e. The van der Waals surface area contributed by atoms with Crippen molar-refractivity contribution in [1.82, 2.24) is 4.90 Å². The lowest BCUT2D eigenvalue weighted by Gasteiger charge is -2.34. The summed E-state index contributed by atoms with van der Waals surface area (Å²) >= 11 is 3.40. The molecule has 1 aliphatic heterocycles. The molecule has 0 spiro atoms. The number of benzene rings is 2. The highest BCUT2D eigenvalue weighted by atomic mass is 79.9. The van der Waals surface area contributed by atoms with Crippen LogP contribution in [0.25, 0.3) is 0 Å². The smallest absolute Gasteiger partial charge is 0.238 e. The van der Waals surface area contributed by atoms with Crippen LogP contribution in [0.15, 0.2) is 53.0 Å². The Morgan fingerprint density at radius 3 is 2.50 bits per heavy atom. The summed E-state index contributed by atoms with van der Waals surface area (Å²) in [6.45, 7) is 0.649. The first kappa shape index (κ1) is 16.7. The van der Waals surface area contributed by atoms with Gasteiger partial charge in [-0.3, -0.25) is 14.5 Å². The standard InChI is InChI=1S/C18H18BrN3O2/c19-14-7-3-4-8-15(14)21-17(23)11-22-10-13-6-2-1-5-12(13)9-16(22)18(20)24/h1-8,16H,9-11H2,(H2,20,24)(H,21,23)/t16-/m0/s1. The molecule has 0 unspecified atom stereocenters. The molecule has 124 valence electrons. The number of amides is 2. The van der Waals surface area contributed by atoms with Crippen molar-refractivity contribution < 1.29 is 9.59 Å². The fourth-order valence-corrected chi connectivity index (χ4v) is 3.34. The summed E-state index contributed by atoms with van der Waals surface area (Å²) in [5, 5.41) is 2.86.